The van der Waals surface area contributed by atoms with Crippen LogP contribution in [0.25, 0.3) is 0 Å². The predicted octanol–water partition coefficient (Wildman–Crippen LogP) is 3.89. The number of amides is 1. The first-order valence-corrected chi connectivity index (χ1v) is 13.0. The van der Waals surface area contributed by atoms with E-state index in [1.165, 1.54) is 32.2 Å². The number of cyclic esters (lactones) is 1. The van der Waals surface area contributed by atoms with Gasteiger partial charge in [-0.15, -0.1) is 0 Å². The Morgan fingerprint density at radius 2 is 1.95 bits per heavy atom. The molecule has 2 aromatic rings. The highest BCUT2D eigenvalue weighted by Crippen LogP contribution is 2.33. The lowest BCUT2D eigenvalue weighted by Gasteiger charge is -2.31. The number of benzene rings is 1. The second kappa shape index (κ2) is 12.8. The third-order valence-corrected chi connectivity index (χ3v) is 6.93. The summed E-state index contributed by atoms with van der Waals surface area (Å²) in [6.45, 7) is 3.03. The minimum Gasteiger partial charge on any atom is -0.503 e. The number of aromatic hydroxyl groups is 1. The Kier molecular flexibility index (Phi) is 9.22. The van der Waals surface area contributed by atoms with Crippen molar-refractivity contribution < 1.29 is 33.6 Å². The number of methoxy groups -OCH3 is 1. The van der Waals surface area contributed by atoms with Crippen molar-refractivity contribution in [2.45, 2.75) is 63.7 Å². The molecule has 1 aromatic carbocycles. The summed E-state index contributed by atoms with van der Waals surface area (Å²) in [5, 5.41) is 13.0. The first-order chi connectivity index (χ1) is 18.0. The maximum Gasteiger partial charge on any atom is 0.329 e. The van der Waals surface area contributed by atoms with Crippen molar-refractivity contribution in [1.82, 2.24) is 10.3 Å². The number of aromatic nitrogens is 1. The summed E-state index contributed by atoms with van der Waals surface area (Å²) >= 11 is 0. The van der Waals surface area contributed by atoms with Crippen LogP contribution in [0.2, 0.25) is 0 Å². The molecule has 1 saturated heterocycles. The van der Waals surface area contributed by atoms with Gasteiger partial charge in [0.05, 0.1) is 19.8 Å². The molecule has 2 N–H and O–H groups in total. The molecule has 4 atom stereocenters. The largest absolute Gasteiger partial charge is 0.503 e. The summed E-state index contributed by atoms with van der Waals surface area (Å²) in [5.74, 6) is 0.0821. The van der Waals surface area contributed by atoms with Gasteiger partial charge < -0.3 is 29.4 Å². The van der Waals surface area contributed by atoms with Gasteiger partial charge in [0, 0.05) is 18.9 Å². The number of carbonyl (C=O) groups excluding carboxylic acids is 2. The van der Waals surface area contributed by atoms with Crippen LogP contribution in [-0.4, -0.2) is 60.5 Å². The van der Waals surface area contributed by atoms with Crippen molar-refractivity contribution in [3.05, 3.63) is 48.3 Å². The molecule has 0 unspecified atom stereocenters. The molecule has 2 fully saturated rings. The highest BCUT2D eigenvalue weighted by atomic mass is 16.6. The number of hydrogen-bond donors (Lipinski definition) is 2. The van der Waals surface area contributed by atoms with Gasteiger partial charge in [-0.2, -0.15) is 0 Å². The van der Waals surface area contributed by atoms with Gasteiger partial charge in [0.25, 0.3) is 5.91 Å². The van der Waals surface area contributed by atoms with Crippen LogP contribution in [0.4, 0.5) is 0 Å². The number of nitrogens with one attached hydrogen (secondary N) is 1. The van der Waals surface area contributed by atoms with Gasteiger partial charge in [-0.05, 0) is 63.0 Å². The summed E-state index contributed by atoms with van der Waals surface area (Å²) in [6.07, 6.45) is 5.58. The van der Waals surface area contributed by atoms with Crippen LogP contribution < -0.4 is 14.8 Å². The zero-order valence-electron chi connectivity index (χ0n) is 21.4. The van der Waals surface area contributed by atoms with Crippen molar-refractivity contribution >= 4 is 11.9 Å². The van der Waals surface area contributed by atoms with Crippen molar-refractivity contribution in [2.24, 2.45) is 11.8 Å². The van der Waals surface area contributed by atoms with Gasteiger partial charge >= 0.3 is 5.97 Å². The normalized spacial score (nSPS) is 24.2. The lowest BCUT2D eigenvalue weighted by Crippen LogP contribution is -2.44. The second-order valence-corrected chi connectivity index (χ2v) is 9.76. The molecular formula is C28H36N2O7. The Morgan fingerprint density at radius 1 is 1.16 bits per heavy atom. The van der Waals surface area contributed by atoms with Gasteiger partial charge in [-0.3, -0.25) is 4.79 Å². The summed E-state index contributed by atoms with van der Waals surface area (Å²) in [5.41, 5.74) is -0.207. The minimum atomic E-state index is -0.870. The molecule has 1 aromatic heterocycles. The molecule has 37 heavy (non-hydrogen) atoms. The number of hydrogen-bond acceptors (Lipinski definition) is 8. The van der Waals surface area contributed by atoms with E-state index in [1.54, 1.807) is 0 Å². The number of rotatable bonds is 10. The molecule has 0 bridgehead atoms. The fourth-order valence-corrected chi connectivity index (χ4v) is 4.66. The molecule has 1 aliphatic carbocycles. The van der Waals surface area contributed by atoms with Crippen LogP contribution in [-0.2, 0) is 14.3 Å². The third-order valence-electron chi connectivity index (χ3n) is 6.93. The third kappa shape index (κ3) is 7.35. The molecule has 4 rings (SSSR count). The topological polar surface area (TPSA) is 116 Å². The van der Waals surface area contributed by atoms with Gasteiger partial charge in [-0.25, -0.2) is 9.78 Å². The van der Waals surface area contributed by atoms with E-state index in [0.29, 0.717) is 32.0 Å². The minimum absolute atomic E-state index is 0.127. The molecule has 0 spiro atoms. The fraction of sp³-hybridized carbons (Fsp3) is 0.536. The van der Waals surface area contributed by atoms with Gasteiger partial charge in [0.2, 0.25) is 0 Å². The van der Waals surface area contributed by atoms with Crippen LogP contribution in [0.1, 0.15) is 55.9 Å². The number of ether oxygens (including phenoxy) is 4. The number of nitrogens with zero attached hydrogens (tertiary/aromatic N) is 1. The molecule has 0 radical (unpaired) electrons. The Bertz CT molecular complexity index is 1040. The number of esters is 1. The summed E-state index contributed by atoms with van der Waals surface area (Å²) in [4.78, 5) is 29.9. The van der Waals surface area contributed by atoms with Gasteiger partial charge in [0.1, 0.15) is 17.9 Å². The van der Waals surface area contributed by atoms with E-state index in [1.807, 2.05) is 37.3 Å². The van der Waals surface area contributed by atoms with Crippen molar-refractivity contribution in [3.63, 3.8) is 0 Å². The Hall–Kier alpha value is -3.33. The van der Waals surface area contributed by atoms with Crippen LogP contribution >= 0.6 is 0 Å². The van der Waals surface area contributed by atoms with E-state index in [-0.39, 0.29) is 29.2 Å². The zero-order valence-corrected chi connectivity index (χ0v) is 21.4. The van der Waals surface area contributed by atoms with Crippen LogP contribution in [0.3, 0.4) is 0 Å². The maximum absolute atomic E-state index is 13.1. The molecule has 2 heterocycles. The maximum atomic E-state index is 13.1. The SMILES string of the molecule is COc1ccnc(C(=O)N[C@H]2CCC[C@H](CCOc3ccccc3)[C@@H](OCC3CC3)[C@H](C)OC2=O)c1O. The van der Waals surface area contributed by atoms with E-state index >= 15 is 0 Å². The Labute approximate surface area is 217 Å². The lowest BCUT2D eigenvalue weighted by atomic mass is 9.89. The zero-order chi connectivity index (χ0) is 26.2. The average molecular weight is 513 g/mol. The molecule has 1 amide bonds. The Morgan fingerprint density at radius 3 is 2.68 bits per heavy atom. The van der Waals surface area contributed by atoms with Gasteiger partial charge in [-0.1, -0.05) is 24.6 Å². The lowest BCUT2D eigenvalue weighted by molar-refractivity contribution is -0.161. The fourth-order valence-electron chi connectivity index (χ4n) is 4.66. The molecular weight excluding hydrogens is 476 g/mol. The monoisotopic (exact) mass is 512 g/mol. The van der Waals surface area contributed by atoms with E-state index < -0.39 is 24.0 Å². The predicted molar refractivity (Wildman–Crippen MR) is 136 cm³/mol. The first-order valence-electron chi connectivity index (χ1n) is 13.0. The summed E-state index contributed by atoms with van der Waals surface area (Å²) in [6, 6.07) is 10.3. The van der Waals surface area contributed by atoms with Crippen molar-refractivity contribution in [3.8, 4) is 17.2 Å². The van der Waals surface area contributed by atoms with E-state index in [9.17, 15) is 14.7 Å². The number of pyridine rings is 1. The second-order valence-electron chi connectivity index (χ2n) is 9.76. The quantitative estimate of drug-likeness (QED) is 0.461. The number of carbonyl (C=O) groups is 2. The van der Waals surface area contributed by atoms with Crippen molar-refractivity contribution in [1.29, 1.82) is 0 Å². The summed E-state index contributed by atoms with van der Waals surface area (Å²) in [7, 11) is 1.39. The molecule has 9 heteroatoms. The summed E-state index contributed by atoms with van der Waals surface area (Å²) < 4.78 is 23.2. The molecule has 9 nitrogen and oxygen atoms in total. The molecule has 2 aliphatic rings. The highest BCUT2D eigenvalue weighted by Gasteiger charge is 2.36. The molecule has 1 saturated carbocycles. The van der Waals surface area contributed by atoms with Crippen LogP contribution in [0, 0.1) is 11.8 Å². The standard InChI is InChI=1S/C28H36N2O7/c1-18-26(36-17-19-11-12-19)20(14-16-35-21-8-4-3-5-9-21)7-6-10-22(28(33)37-18)30-27(32)24-25(31)23(34-2)13-15-29-24/h3-5,8-9,13,15,18-20,22,26,31H,6-7,10-12,14,16-17H2,1-2H3,(H,30,32)/t18-,20+,22-,26-/m0/s1. The van der Waals surface area contributed by atoms with Crippen molar-refractivity contribution in [2.75, 3.05) is 20.3 Å². The van der Waals surface area contributed by atoms with Crippen LogP contribution in [0.15, 0.2) is 42.6 Å². The Balaban J connectivity index is 1.43. The molecule has 1 aliphatic heterocycles. The van der Waals surface area contributed by atoms with Gasteiger partial charge in [0.15, 0.2) is 17.2 Å². The first kappa shape index (κ1) is 26.7. The smallest absolute Gasteiger partial charge is 0.329 e. The molecule has 200 valence electrons. The van der Waals surface area contributed by atoms with E-state index in [2.05, 4.69) is 10.3 Å². The average Bonchev–Trinajstić information content (AvgIpc) is 3.72. The van der Waals surface area contributed by atoms with Crippen LogP contribution in [0.5, 0.6) is 17.2 Å². The van der Waals surface area contributed by atoms with E-state index in [4.69, 9.17) is 18.9 Å². The highest BCUT2D eigenvalue weighted by molar-refractivity contribution is 5.97. The number of para-hydroxylation sites is 1. The van der Waals surface area contributed by atoms with E-state index in [0.717, 1.165) is 18.6 Å².